The van der Waals surface area contributed by atoms with E-state index in [0.717, 1.165) is 17.8 Å². The molecule has 0 unspecified atom stereocenters. The van der Waals surface area contributed by atoms with E-state index in [2.05, 4.69) is 4.98 Å². The molecule has 0 aliphatic heterocycles. The standard InChI is InChI=1S/C20H15F3N4O2S/c1-11-5-17(20(21,22)23)27-19(15(11)9-25)30-10-14-7-12(3-4-16(14)29-2)6-13(8-24)18(26)28/h3-7H,10H2,1-2H3,(H2,26,28)/b13-6+. The maximum Gasteiger partial charge on any atom is 0.433 e. The van der Waals surface area contributed by atoms with Crippen molar-refractivity contribution in [2.75, 3.05) is 7.11 Å². The number of amides is 1. The number of thioether (sulfide) groups is 1. The van der Waals surface area contributed by atoms with E-state index < -0.39 is 17.8 Å². The molecule has 6 nitrogen and oxygen atoms in total. The van der Waals surface area contributed by atoms with Gasteiger partial charge in [0.05, 0.1) is 12.7 Å². The van der Waals surface area contributed by atoms with Crippen LogP contribution in [0.3, 0.4) is 0 Å². The lowest BCUT2D eigenvalue weighted by molar-refractivity contribution is -0.141. The zero-order chi connectivity index (χ0) is 22.5. The SMILES string of the molecule is COc1ccc(/C=C(\C#N)C(N)=O)cc1CSc1nc(C(F)(F)F)cc(C)c1C#N. The van der Waals surface area contributed by atoms with Crippen LogP contribution in [0.25, 0.3) is 6.08 Å². The number of hydrogen-bond acceptors (Lipinski definition) is 6. The number of halogens is 3. The third-order valence-electron chi connectivity index (χ3n) is 3.95. The van der Waals surface area contributed by atoms with Gasteiger partial charge in [-0.15, -0.1) is 11.8 Å². The Morgan fingerprint density at radius 2 is 2.03 bits per heavy atom. The van der Waals surface area contributed by atoms with Crippen molar-refractivity contribution in [2.24, 2.45) is 5.73 Å². The molecule has 0 aliphatic rings. The van der Waals surface area contributed by atoms with Crippen LogP contribution in [0.4, 0.5) is 13.2 Å². The summed E-state index contributed by atoms with van der Waals surface area (Å²) in [5.74, 6) is -0.308. The van der Waals surface area contributed by atoms with Crippen LogP contribution in [0.2, 0.25) is 0 Å². The number of primary amides is 1. The Morgan fingerprint density at radius 1 is 1.33 bits per heavy atom. The highest BCUT2D eigenvalue weighted by Gasteiger charge is 2.34. The van der Waals surface area contributed by atoms with Crippen molar-refractivity contribution < 1.29 is 22.7 Å². The number of nitriles is 2. The summed E-state index contributed by atoms with van der Waals surface area (Å²) in [6.45, 7) is 1.42. The number of nitrogens with two attached hydrogens (primary N) is 1. The quantitative estimate of drug-likeness (QED) is 0.420. The minimum atomic E-state index is -4.64. The van der Waals surface area contributed by atoms with Crippen molar-refractivity contribution in [2.45, 2.75) is 23.9 Å². The molecule has 0 saturated carbocycles. The van der Waals surface area contributed by atoms with Gasteiger partial charge >= 0.3 is 6.18 Å². The molecule has 0 atom stereocenters. The van der Waals surface area contributed by atoms with Crippen LogP contribution in [0, 0.1) is 29.6 Å². The molecule has 10 heteroatoms. The normalized spacial score (nSPS) is 11.5. The Labute approximate surface area is 174 Å². The van der Waals surface area contributed by atoms with Gasteiger partial charge in [-0.3, -0.25) is 4.79 Å². The first-order valence-electron chi connectivity index (χ1n) is 8.31. The Kier molecular flexibility index (Phi) is 7.09. The van der Waals surface area contributed by atoms with Gasteiger partial charge in [0.1, 0.15) is 34.2 Å². The Bertz CT molecular complexity index is 1100. The van der Waals surface area contributed by atoms with Gasteiger partial charge < -0.3 is 10.5 Å². The van der Waals surface area contributed by atoms with E-state index in [1.165, 1.54) is 20.1 Å². The molecule has 1 heterocycles. The van der Waals surface area contributed by atoms with Gasteiger partial charge in [-0.05, 0) is 42.3 Å². The Morgan fingerprint density at radius 3 is 2.57 bits per heavy atom. The van der Waals surface area contributed by atoms with E-state index >= 15 is 0 Å². The lowest BCUT2D eigenvalue weighted by Crippen LogP contribution is -2.12. The number of aromatic nitrogens is 1. The van der Waals surface area contributed by atoms with Gasteiger partial charge in [-0.25, -0.2) is 4.98 Å². The van der Waals surface area contributed by atoms with E-state index in [1.54, 1.807) is 24.3 Å². The van der Waals surface area contributed by atoms with Crippen LogP contribution in [-0.2, 0) is 16.7 Å². The molecule has 2 aromatic rings. The number of rotatable bonds is 6. The Balaban J connectivity index is 2.43. The molecule has 0 aliphatic carbocycles. The van der Waals surface area contributed by atoms with Crippen molar-refractivity contribution in [3.8, 4) is 17.9 Å². The fraction of sp³-hybridized carbons (Fsp3) is 0.200. The van der Waals surface area contributed by atoms with E-state index in [1.807, 2.05) is 6.07 Å². The van der Waals surface area contributed by atoms with Gasteiger partial charge in [0.25, 0.3) is 5.91 Å². The number of nitrogens with zero attached hydrogens (tertiary/aromatic N) is 3. The fourth-order valence-corrected chi connectivity index (χ4v) is 3.53. The maximum absolute atomic E-state index is 13.1. The van der Waals surface area contributed by atoms with Crippen molar-refractivity contribution in [1.29, 1.82) is 10.5 Å². The number of pyridine rings is 1. The van der Waals surface area contributed by atoms with Crippen LogP contribution in [0.15, 0.2) is 34.9 Å². The van der Waals surface area contributed by atoms with E-state index in [4.69, 9.17) is 15.7 Å². The summed E-state index contributed by atoms with van der Waals surface area (Å²) in [4.78, 5) is 14.9. The molecule has 2 rings (SSSR count). The van der Waals surface area contributed by atoms with Crippen molar-refractivity contribution in [3.05, 3.63) is 57.8 Å². The molecular weight excluding hydrogens is 417 g/mol. The number of methoxy groups -OCH3 is 1. The lowest BCUT2D eigenvalue weighted by atomic mass is 10.1. The van der Waals surface area contributed by atoms with Crippen molar-refractivity contribution >= 4 is 23.7 Å². The van der Waals surface area contributed by atoms with Crippen molar-refractivity contribution in [1.82, 2.24) is 4.98 Å². The highest BCUT2D eigenvalue weighted by Crippen LogP contribution is 2.35. The van der Waals surface area contributed by atoms with Crippen LogP contribution >= 0.6 is 11.8 Å². The van der Waals surface area contributed by atoms with Crippen LogP contribution < -0.4 is 10.5 Å². The molecule has 0 saturated heterocycles. The number of carbonyl (C=O) groups excluding carboxylic acids is 1. The van der Waals surface area contributed by atoms with E-state index in [0.29, 0.717) is 16.9 Å². The first kappa shape index (κ1) is 22.8. The summed E-state index contributed by atoms with van der Waals surface area (Å²) >= 11 is 0.947. The minimum absolute atomic E-state index is 0.0531. The zero-order valence-corrected chi connectivity index (χ0v) is 16.7. The summed E-state index contributed by atoms with van der Waals surface area (Å²) in [7, 11) is 1.43. The third-order valence-corrected chi connectivity index (χ3v) is 4.98. The van der Waals surface area contributed by atoms with Crippen LogP contribution in [0.1, 0.15) is 27.9 Å². The minimum Gasteiger partial charge on any atom is -0.496 e. The highest BCUT2D eigenvalue weighted by atomic mass is 32.2. The third kappa shape index (κ3) is 5.31. The summed E-state index contributed by atoms with van der Waals surface area (Å²) in [5, 5.41) is 18.2. The second-order valence-electron chi connectivity index (χ2n) is 6.01. The molecule has 30 heavy (non-hydrogen) atoms. The van der Waals surface area contributed by atoms with Gasteiger partial charge in [-0.2, -0.15) is 23.7 Å². The topological polar surface area (TPSA) is 113 Å². The zero-order valence-electron chi connectivity index (χ0n) is 15.9. The molecule has 0 bridgehead atoms. The molecule has 1 amide bonds. The number of carbonyl (C=O) groups is 1. The predicted octanol–water partition coefficient (Wildman–Crippen LogP) is 3.97. The summed E-state index contributed by atoms with van der Waals surface area (Å²) in [6, 6.07) is 9.21. The van der Waals surface area contributed by atoms with Gasteiger partial charge in [0, 0.05) is 11.3 Å². The van der Waals surface area contributed by atoms with Crippen LogP contribution in [-0.4, -0.2) is 18.0 Å². The second kappa shape index (κ2) is 9.33. The summed E-state index contributed by atoms with van der Waals surface area (Å²) in [6.07, 6.45) is -3.35. The fourth-order valence-electron chi connectivity index (χ4n) is 2.50. The molecule has 1 aromatic carbocycles. The maximum atomic E-state index is 13.1. The number of benzene rings is 1. The number of hydrogen-bond donors (Lipinski definition) is 1. The molecule has 0 spiro atoms. The molecule has 1 aromatic heterocycles. The predicted molar refractivity (Wildman–Crippen MR) is 104 cm³/mol. The first-order chi connectivity index (χ1) is 14.1. The molecule has 0 radical (unpaired) electrons. The molecule has 0 fully saturated rings. The van der Waals surface area contributed by atoms with Gasteiger partial charge in [0.2, 0.25) is 0 Å². The molecule has 2 N–H and O–H groups in total. The molecular formula is C20H15F3N4O2S. The monoisotopic (exact) mass is 432 g/mol. The number of ether oxygens (including phenoxy) is 1. The largest absolute Gasteiger partial charge is 0.496 e. The van der Waals surface area contributed by atoms with E-state index in [9.17, 15) is 23.2 Å². The number of aryl methyl sites for hydroxylation is 1. The second-order valence-corrected chi connectivity index (χ2v) is 6.97. The van der Waals surface area contributed by atoms with Gasteiger partial charge in [-0.1, -0.05) is 6.07 Å². The summed E-state index contributed by atoms with van der Waals surface area (Å²) in [5.41, 5.74) is 5.08. The van der Waals surface area contributed by atoms with Crippen molar-refractivity contribution in [3.63, 3.8) is 0 Å². The van der Waals surface area contributed by atoms with Crippen LogP contribution in [0.5, 0.6) is 5.75 Å². The average Bonchev–Trinajstić information content (AvgIpc) is 2.69. The average molecular weight is 432 g/mol. The lowest BCUT2D eigenvalue weighted by Gasteiger charge is -2.13. The summed E-state index contributed by atoms with van der Waals surface area (Å²) < 4.78 is 44.6. The van der Waals surface area contributed by atoms with Gasteiger partial charge in [0.15, 0.2) is 0 Å². The highest BCUT2D eigenvalue weighted by molar-refractivity contribution is 7.98. The Hall–Kier alpha value is -3.50. The number of alkyl halides is 3. The smallest absolute Gasteiger partial charge is 0.433 e. The molecule has 154 valence electrons. The van der Waals surface area contributed by atoms with E-state index in [-0.39, 0.29) is 27.5 Å². The first-order valence-corrected chi connectivity index (χ1v) is 9.29.